The Balaban J connectivity index is 1.68. The lowest BCUT2D eigenvalue weighted by atomic mass is 10.1. The molecule has 1 aromatic heterocycles. The van der Waals surface area contributed by atoms with Gasteiger partial charge >= 0.3 is 0 Å². The van der Waals surface area contributed by atoms with Gasteiger partial charge in [-0.1, -0.05) is 29.3 Å². The first kappa shape index (κ1) is 17.9. The average Bonchev–Trinajstić information content (AvgIpc) is 2.62. The molecule has 3 rings (SSSR count). The van der Waals surface area contributed by atoms with Gasteiger partial charge in [-0.2, -0.15) is 0 Å². The lowest BCUT2D eigenvalue weighted by Gasteiger charge is -2.19. The van der Waals surface area contributed by atoms with Crippen molar-refractivity contribution in [3.8, 4) is 5.75 Å². The largest absolute Gasteiger partial charge is 0.492 e. The van der Waals surface area contributed by atoms with Crippen LogP contribution in [-0.2, 0) is 0 Å². The van der Waals surface area contributed by atoms with Crippen molar-refractivity contribution in [1.29, 1.82) is 0 Å². The van der Waals surface area contributed by atoms with Crippen LogP contribution in [0, 0.1) is 20.8 Å². The molecule has 0 saturated heterocycles. The summed E-state index contributed by atoms with van der Waals surface area (Å²) in [5.74, 6) is 0.779. The van der Waals surface area contributed by atoms with Crippen LogP contribution in [0.2, 0.25) is 0 Å². The molecule has 0 unspecified atom stereocenters. The minimum Gasteiger partial charge on any atom is -0.492 e. The molecule has 0 aliphatic rings. The molecule has 0 saturated carbocycles. The van der Waals surface area contributed by atoms with Crippen LogP contribution in [0.4, 0.5) is 0 Å². The van der Waals surface area contributed by atoms with Gasteiger partial charge in [0.15, 0.2) is 0 Å². The smallest absolute Gasteiger partial charge is 0.255 e. The molecule has 4 heteroatoms. The predicted molar refractivity (Wildman–Crippen MR) is 105 cm³/mol. The second kappa shape index (κ2) is 7.56. The van der Waals surface area contributed by atoms with Crippen molar-refractivity contribution in [2.75, 3.05) is 20.2 Å². The number of amides is 1. The van der Waals surface area contributed by atoms with E-state index in [0.29, 0.717) is 18.7 Å². The fraction of sp³-hybridized carbons (Fsp3) is 0.273. The minimum absolute atomic E-state index is 0.0362. The van der Waals surface area contributed by atoms with Gasteiger partial charge in [0.1, 0.15) is 12.4 Å². The summed E-state index contributed by atoms with van der Waals surface area (Å²) >= 11 is 0. The number of aromatic nitrogens is 1. The van der Waals surface area contributed by atoms with Crippen LogP contribution in [0.5, 0.6) is 5.75 Å². The number of rotatable bonds is 5. The summed E-state index contributed by atoms with van der Waals surface area (Å²) in [5, 5.41) is 0.989. The van der Waals surface area contributed by atoms with Crippen LogP contribution in [0.3, 0.4) is 0 Å². The molecule has 3 aromatic rings. The number of hydrogen-bond donors (Lipinski definition) is 0. The standard InChI is InChI=1S/C22H24N2O2/c1-15-5-8-19(9-6-15)26-12-11-24(4)22(25)20-14-18-13-16(2)7-10-21(18)23-17(20)3/h5-10,13-14H,11-12H2,1-4H3. The van der Waals surface area contributed by atoms with Gasteiger partial charge in [-0.15, -0.1) is 0 Å². The molecule has 1 heterocycles. The van der Waals surface area contributed by atoms with E-state index in [1.165, 1.54) is 5.56 Å². The number of aryl methyl sites for hydroxylation is 3. The Morgan fingerprint density at radius 3 is 2.42 bits per heavy atom. The Bertz CT molecular complexity index is 933. The van der Waals surface area contributed by atoms with E-state index in [1.54, 1.807) is 11.9 Å². The van der Waals surface area contributed by atoms with Crippen LogP contribution in [0.1, 0.15) is 27.2 Å². The second-order valence-corrected chi connectivity index (χ2v) is 6.71. The summed E-state index contributed by atoms with van der Waals surface area (Å²) in [6.45, 7) is 6.92. The van der Waals surface area contributed by atoms with Gasteiger partial charge in [0.2, 0.25) is 0 Å². The number of carbonyl (C=O) groups is 1. The molecule has 0 fully saturated rings. The Hall–Kier alpha value is -2.88. The summed E-state index contributed by atoms with van der Waals surface area (Å²) < 4.78 is 5.72. The molecule has 0 N–H and O–H groups in total. The van der Waals surface area contributed by atoms with Gasteiger partial charge in [0.25, 0.3) is 5.91 Å². The maximum absolute atomic E-state index is 12.8. The third-order valence-corrected chi connectivity index (χ3v) is 4.45. The maximum atomic E-state index is 12.8. The lowest BCUT2D eigenvalue weighted by Crippen LogP contribution is -2.31. The van der Waals surface area contributed by atoms with E-state index in [2.05, 4.69) is 11.1 Å². The zero-order valence-electron chi connectivity index (χ0n) is 15.7. The quantitative estimate of drug-likeness (QED) is 0.690. The molecule has 0 bridgehead atoms. The van der Waals surface area contributed by atoms with E-state index in [1.807, 2.05) is 63.2 Å². The number of fused-ring (bicyclic) bond motifs is 1. The van der Waals surface area contributed by atoms with Crippen LogP contribution < -0.4 is 4.74 Å². The number of carbonyl (C=O) groups excluding carboxylic acids is 1. The van der Waals surface area contributed by atoms with E-state index in [0.717, 1.165) is 27.9 Å². The van der Waals surface area contributed by atoms with Gasteiger partial charge in [0.05, 0.1) is 23.3 Å². The molecule has 0 atom stereocenters. The van der Waals surface area contributed by atoms with Crippen LogP contribution in [0.15, 0.2) is 48.5 Å². The minimum atomic E-state index is -0.0362. The highest BCUT2D eigenvalue weighted by Crippen LogP contribution is 2.19. The Labute approximate surface area is 154 Å². The highest BCUT2D eigenvalue weighted by molar-refractivity contribution is 5.98. The Morgan fingerprint density at radius 2 is 1.69 bits per heavy atom. The highest BCUT2D eigenvalue weighted by Gasteiger charge is 2.16. The molecule has 0 spiro atoms. The molecule has 1 amide bonds. The number of benzene rings is 2. The predicted octanol–water partition coefficient (Wildman–Crippen LogP) is 4.31. The molecule has 26 heavy (non-hydrogen) atoms. The zero-order valence-corrected chi connectivity index (χ0v) is 15.7. The first-order chi connectivity index (χ1) is 12.4. The zero-order chi connectivity index (χ0) is 18.7. The SMILES string of the molecule is Cc1ccc(OCCN(C)C(=O)c2cc3cc(C)ccc3nc2C)cc1. The topological polar surface area (TPSA) is 42.4 Å². The molecule has 134 valence electrons. The molecule has 0 aliphatic carbocycles. The third-order valence-electron chi connectivity index (χ3n) is 4.45. The summed E-state index contributed by atoms with van der Waals surface area (Å²) in [7, 11) is 1.79. The highest BCUT2D eigenvalue weighted by atomic mass is 16.5. The summed E-state index contributed by atoms with van der Waals surface area (Å²) in [4.78, 5) is 19.1. The van der Waals surface area contributed by atoms with E-state index < -0.39 is 0 Å². The van der Waals surface area contributed by atoms with E-state index >= 15 is 0 Å². The average molecular weight is 348 g/mol. The fourth-order valence-corrected chi connectivity index (χ4v) is 2.85. The number of likely N-dealkylation sites (N-methyl/N-ethyl adjacent to an activating group) is 1. The number of nitrogens with zero attached hydrogens (tertiary/aromatic N) is 2. The summed E-state index contributed by atoms with van der Waals surface area (Å²) in [6, 6.07) is 15.9. The molecular weight excluding hydrogens is 324 g/mol. The first-order valence-electron chi connectivity index (χ1n) is 8.77. The Kier molecular flexibility index (Phi) is 5.21. The van der Waals surface area contributed by atoms with Crippen LogP contribution in [0.25, 0.3) is 10.9 Å². The van der Waals surface area contributed by atoms with Crippen molar-refractivity contribution in [1.82, 2.24) is 9.88 Å². The van der Waals surface area contributed by atoms with Crippen molar-refractivity contribution in [3.05, 3.63) is 70.9 Å². The van der Waals surface area contributed by atoms with Crippen LogP contribution in [-0.4, -0.2) is 36.0 Å². The summed E-state index contributed by atoms with van der Waals surface area (Å²) in [6.07, 6.45) is 0. The van der Waals surface area contributed by atoms with E-state index in [-0.39, 0.29) is 5.91 Å². The van der Waals surface area contributed by atoms with Crippen molar-refractivity contribution in [2.24, 2.45) is 0 Å². The van der Waals surface area contributed by atoms with Gasteiger partial charge < -0.3 is 9.64 Å². The van der Waals surface area contributed by atoms with Crippen molar-refractivity contribution < 1.29 is 9.53 Å². The lowest BCUT2D eigenvalue weighted by molar-refractivity contribution is 0.0773. The van der Waals surface area contributed by atoms with Crippen molar-refractivity contribution in [3.63, 3.8) is 0 Å². The van der Waals surface area contributed by atoms with E-state index in [4.69, 9.17) is 4.74 Å². The Morgan fingerprint density at radius 1 is 1.00 bits per heavy atom. The van der Waals surface area contributed by atoms with Gasteiger partial charge in [-0.05, 0) is 51.1 Å². The molecule has 0 aliphatic heterocycles. The fourth-order valence-electron chi connectivity index (χ4n) is 2.85. The molecular formula is C22H24N2O2. The van der Waals surface area contributed by atoms with Gasteiger partial charge in [-0.3, -0.25) is 9.78 Å². The molecule has 4 nitrogen and oxygen atoms in total. The van der Waals surface area contributed by atoms with E-state index in [9.17, 15) is 4.79 Å². The van der Waals surface area contributed by atoms with Crippen molar-refractivity contribution in [2.45, 2.75) is 20.8 Å². The molecule has 2 aromatic carbocycles. The van der Waals surface area contributed by atoms with Crippen LogP contribution >= 0.6 is 0 Å². The third kappa shape index (κ3) is 4.02. The number of hydrogen-bond acceptors (Lipinski definition) is 3. The normalized spacial score (nSPS) is 10.8. The maximum Gasteiger partial charge on any atom is 0.255 e. The number of pyridine rings is 1. The second-order valence-electron chi connectivity index (χ2n) is 6.71. The first-order valence-corrected chi connectivity index (χ1v) is 8.77. The van der Waals surface area contributed by atoms with Crippen molar-refractivity contribution >= 4 is 16.8 Å². The monoisotopic (exact) mass is 348 g/mol. The van der Waals surface area contributed by atoms with Gasteiger partial charge in [0, 0.05) is 12.4 Å². The molecule has 0 radical (unpaired) electrons. The summed E-state index contributed by atoms with van der Waals surface area (Å²) in [5.41, 5.74) is 4.65. The van der Waals surface area contributed by atoms with Gasteiger partial charge in [-0.25, -0.2) is 0 Å². The number of ether oxygens (including phenoxy) is 1.